The predicted molar refractivity (Wildman–Crippen MR) is 250 cm³/mol. The fourth-order valence-electron chi connectivity index (χ4n) is 8.91. The van der Waals surface area contributed by atoms with Crippen molar-refractivity contribution in [1.82, 2.24) is 5.32 Å². The zero-order valence-electron chi connectivity index (χ0n) is 35.2. The molecule has 2 atom stereocenters. The number of phenolic OH excluding ortho intramolecular Hbond substituents is 2. The molecular formula is C53H52N2O6. The summed E-state index contributed by atoms with van der Waals surface area (Å²) in [5.41, 5.74) is 4.75. The number of aliphatic imine (C=N–C) groups is 1. The van der Waals surface area contributed by atoms with Crippen LogP contribution in [0.3, 0.4) is 0 Å². The zero-order valence-corrected chi connectivity index (χ0v) is 35.2. The van der Waals surface area contributed by atoms with Crippen molar-refractivity contribution in [3.63, 3.8) is 0 Å². The minimum absolute atomic E-state index is 0.00890. The Bertz CT molecular complexity index is 2850. The van der Waals surface area contributed by atoms with Crippen LogP contribution >= 0.6 is 0 Å². The second kappa shape index (κ2) is 18.9. The smallest absolute Gasteiger partial charge is 0.145 e. The summed E-state index contributed by atoms with van der Waals surface area (Å²) < 4.78 is 20.8. The number of phenols is 2. The average Bonchev–Trinajstić information content (AvgIpc) is 3.30. The molecule has 1 aliphatic carbocycles. The summed E-state index contributed by atoms with van der Waals surface area (Å²) in [6.07, 6.45) is 5.91. The van der Waals surface area contributed by atoms with E-state index in [2.05, 4.69) is 81.5 Å². The standard InChI is InChI=1S/C50H44N2O4.C3H8O2/c1-55-43-25-23-31-13-3-7-17-37(31)45(43)47-39-19-9-5-15-33(39)27-35(49(47)53)29-51-41-21-11-12-22-42(41)52-30-36-28-34-16-6-10-20-40(34)48(50(36)54)46-38-18-8-4-14-32(38)24-26-44(46)56-2;1-4-3-5-2/h3-10,13-20,23-29,41-42,52-54H,11-12,21-22,30H2,1-2H3;3H2,1-2H3/t41-,42?;/m1./s1. The number of nitrogens with zero attached hydrogens (tertiary/aromatic N) is 1. The molecule has 1 unspecified atom stereocenters. The first-order valence-corrected chi connectivity index (χ1v) is 20.8. The Kier molecular flexibility index (Phi) is 12.8. The lowest BCUT2D eigenvalue weighted by Crippen LogP contribution is -2.40. The van der Waals surface area contributed by atoms with E-state index in [0.29, 0.717) is 24.7 Å². The summed E-state index contributed by atoms with van der Waals surface area (Å²) in [7, 11) is 6.53. The average molecular weight is 813 g/mol. The van der Waals surface area contributed by atoms with Gasteiger partial charge in [0.1, 0.15) is 29.8 Å². The van der Waals surface area contributed by atoms with Crippen molar-refractivity contribution < 1.29 is 29.2 Å². The first-order valence-electron chi connectivity index (χ1n) is 20.8. The second-order valence-corrected chi connectivity index (χ2v) is 15.4. The summed E-state index contributed by atoms with van der Waals surface area (Å²) in [6, 6.07) is 45.1. The van der Waals surface area contributed by atoms with E-state index in [1.54, 1.807) is 28.4 Å². The molecule has 0 radical (unpaired) electrons. The third-order valence-electron chi connectivity index (χ3n) is 11.8. The van der Waals surface area contributed by atoms with Gasteiger partial charge in [-0.1, -0.05) is 122 Å². The van der Waals surface area contributed by atoms with Crippen molar-refractivity contribution in [2.45, 2.75) is 44.3 Å². The number of benzene rings is 8. The van der Waals surface area contributed by atoms with Gasteiger partial charge >= 0.3 is 0 Å². The molecule has 0 amide bonds. The monoisotopic (exact) mass is 812 g/mol. The van der Waals surface area contributed by atoms with E-state index in [4.69, 9.17) is 14.5 Å². The van der Waals surface area contributed by atoms with Crippen molar-refractivity contribution in [2.75, 3.05) is 35.2 Å². The number of nitrogens with one attached hydrogen (secondary N) is 1. The molecule has 0 spiro atoms. The summed E-state index contributed by atoms with van der Waals surface area (Å²) >= 11 is 0. The van der Waals surface area contributed by atoms with Gasteiger partial charge in [-0.2, -0.15) is 0 Å². The van der Waals surface area contributed by atoms with Crippen molar-refractivity contribution in [3.8, 4) is 45.3 Å². The van der Waals surface area contributed by atoms with Crippen LogP contribution in [0.1, 0.15) is 36.8 Å². The van der Waals surface area contributed by atoms with Crippen molar-refractivity contribution in [3.05, 3.63) is 145 Å². The van der Waals surface area contributed by atoms with Crippen LogP contribution in [0.15, 0.2) is 138 Å². The van der Waals surface area contributed by atoms with Crippen molar-refractivity contribution in [1.29, 1.82) is 0 Å². The van der Waals surface area contributed by atoms with Crippen molar-refractivity contribution >= 4 is 49.3 Å². The lowest BCUT2D eigenvalue weighted by atomic mass is 9.89. The number of aromatic hydroxyl groups is 2. The molecule has 61 heavy (non-hydrogen) atoms. The Labute approximate surface area is 357 Å². The minimum atomic E-state index is -0.00890. The van der Waals surface area contributed by atoms with Crippen LogP contribution in [0, 0.1) is 0 Å². The molecule has 8 nitrogen and oxygen atoms in total. The van der Waals surface area contributed by atoms with Crippen LogP contribution in [0.5, 0.6) is 23.0 Å². The molecule has 1 aliphatic rings. The van der Waals surface area contributed by atoms with Gasteiger partial charge in [0.25, 0.3) is 0 Å². The van der Waals surface area contributed by atoms with E-state index in [-0.39, 0.29) is 23.6 Å². The van der Waals surface area contributed by atoms with Gasteiger partial charge in [0.2, 0.25) is 0 Å². The predicted octanol–water partition coefficient (Wildman–Crippen LogP) is 11.8. The van der Waals surface area contributed by atoms with Gasteiger partial charge in [0, 0.05) is 66.4 Å². The number of ether oxygens (including phenoxy) is 4. The number of rotatable bonds is 11. The maximum atomic E-state index is 12.1. The summed E-state index contributed by atoms with van der Waals surface area (Å²) in [6.45, 7) is 0.861. The van der Waals surface area contributed by atoms with E-state index in [1.807, 2.05) is 72.9 Å². The fourth-order valence-corrected chi connectivity index (χ4v) is 8.91. The lowest BCUT2D eigenvalue weighted by molar-refractivity contribution is -0.00272. The highest BCUT2D eigenvalue weighted by molar-refractivity contribution is 6.13. The molecule has 8 aromatic rings. The molecular weight excluding hydrogens is 761 g/mol. The van der Waals surface area contributed by atoms with Crippen LogP contribution in [0.2, 0.25) is 0 Å². The summed E-state index contributed by atoms with van der Waals surface area (Å²) in [5, 5.41) is 36.2. The van der Waals surface area contributed by atoms with Crippen LogP contribution in [0.4, 0.5) is 0 Å². The third kappa shape index (κ3) is 8.35. The minimum Gasteiger partial charge on any atom is -0.507 e. The molecule has 0 aliphatic heterocycles. The quantitative estimate of drug-likeness (QED) is 0.0883. The van der Waals surface area contributed by atoms with Gasteiger partial charge in [-0.3, -0.25) is 4.99 Å². The largest absolute Gasteiger partial charge is 0.507 e. The van der Waals surface area contributed by atoms with Crippen LogP contribution < -0.4 is 14.8 Å². The van der Waals surface area contributed by atoms with E-state index in [0.717, 1.165) is 102 Å². The molecule has 0 saturated heterocycles. The molecule has 8 aromatic carbocycles. The highest BCUT2D eigenvalue weighted by atomic mass is 16.6. The number of hydrogen-bond acceptors (Lipinski definition) is 8. The molecule has 0 heterocycles. The maximum Gasteiger partial charge on any atom is 0.145 e. The number of hydrogen-bond donors (Lipinski definition) is 3. The normalized spacial score (nSPS) is 15.3. The molecule has 9 rings (SSSR count). The molecule has 310 valence electrons. The van der Waals surface area contributed by atoms with Crippen molar-refractivity contribution in [2.24, 2.45) is 4.99 Å². The lowest BCUT2D eigenvalue weighted by Gasteiger charge is -2.30. The number of fused-ring (bicyclic) bond motifs is 4. The Morgan fingerprint density at radius 2 is 1.03 bits per heavy atom. The SMILES string of the molecule is COCOC.COc1ccc2ccccc2c1-c1c(O)c(C=N[C@@H]2CCCCC2NCc2cc3ccccc3c(-c3c(OC)ccc4ccccc34)c2O)cc2ccccc12. The highest BCUT2D eigenvalue weighted by Crippen LogP contribution is 2.48. The second-order valence-electron chi connectivity index (χ2n) is 15.4. The van der Waals surface area contributed by atoms with E-state index in [9.17, 15) is 10.2 Å². The van der Waals surface area contributed by atoms with Gasteiger partial charge in [-0.05, 0) is 80.2 Å². The summed E-state index contributed by atoms with van der Waals surface area (Å²) in [5.74, 6) is 1.85. The Hall–Kier alpha value is -6.45. The zero-order chi connectivity index (χ0) is 42.3. The topological polar surface area (TPSA) is 102 Å². The van der Waals surface area contributed by atoms with E-state index < -0.39 is 0 Å². The van der Waals surface area contributed by atoms with Crippen LogP contribution in [-0.2, 0) is 16.0 Å². The van der Waals surface area contributed by atoms with Crippen LogP contribution in [0.25, 0.3) is 65.3 Å². The fraction of sp³-hybridized carbons (Fsp3) is 0.226. The van der Waals surface area contributed by atoms with Gasteiger partial charge < -0.3 is 34.5 Å². The Balaban J connectivity index is 0.000000973. The van der Waals surface area contributed by atoms with Gasteiger partial charge in [0.15, 0.2) is 0 Å². The molecule has 8 heteroatoms. The molecule has 1 saturated carbocycles. The van der Waals surface area contributed by atoms with Gasteiger partial charge in [0.05, 0.1) is 20.3 Å². The first-order chi connectivity index (χ1) is 29.9. The van der Waals surface area contributed by atoms with Crippen LogP contribution in [-0.4, -0.2) is 63.7 Å². The summed E-state index contributed by atoms with van der Waals surface area (Å²) in [4.78, 5) is 5.19. The highest BCUT2D eigenvalue weighted by Gasteiger charge is 2.26. The maximum absolute atomic E-state index is 12.1. The van der Waals surface area contributed by atoms with Gasteiger partial charge in [-0.15, -0.1) is 0 Å². The molecule has 1 fully saturated rings. The number of methoxy groups -OCH3 is 4. The molecule has 0 aromatic heterocycles. The first kappa shape index (κ1) is 41.3. The molecule has 3 N–H and O–H groups in total. The van der Waals surface area contributed by atoms with E-state index in [1.165, 1.54) is 0 Å². The Morgan fingerprint density at radius 3 is 1.56 bits per heavy atom. The molecule has 0 bridgehead atoms. The van der Waals surface area contributed by atoms with E-state index >= 15 is 0 Å². The van der Waals surface area contributed by atoms with Gasteiger partial charge in [-0.25, -0.2) is 0 Å². The third-order valence-corrected chi connectivity index (χ3v) is 11.8. The Morgan fingerprint density at radius 1 is 0.557 bits per heavy atom.